The van der Waals surface area contributed by atoms with E-state index in [1.165, 1.54) is 5.69 Å². The number of carbonyl (C=O) groups is 1. The average Bonchev–Trinajstić information content (AvgIpc) is 2.89. The first-order chi connectivity index (χ1) is 17.6. The van der Waals surface area contributed by atoms with Crippen LogP contribution in [0.15, 0.2) is 79.4 Å². The number of aromatic nitrogens is 3. The molecule has 0 spiro atoms. The molecule has 1 amide bonds. The van der Waals surface area contributed by atoms with Gasteiger partial charge in [0.25, 0.3) is 5.91 Å². The Hall–Kier alpha value is -4.37. The van der Waals surface area contributed by atoms with Gasteiger partial charge < -0.3 is 20.4 Å². The van der Waals surface area contributed by atoms with Crippen molar-refractivity contribution in [3.8, 4) is 11.3 Å². The number of benzene rings is 2. The highest BCUT2D eigenvalue weighted by molar-refractivity contribution is 6.00. The fraction of sp³-hybridized carbons (Fsp3) is 0.185. The normalized spacial score (nSPS) is 14.3. The van der Waals surface area contributed by atoms with E-state index in [0.29, 0.717) is 17.3 Å². The van der Waals surface area contributed by atoms with Gasteiger partial charge in [-0.05, 0) is 43.4 Å². The molecular weight excluding hydrogens is 457 g/mol. The number of amides is 1. The van der Waals surface area contributed by atoms with Gasteiger partial charge >= 0.3 is 0 Å². The van der Waals surface area contributed by atoms with E-state index in [-0.39, 0.29) is 6.33 Å². The van der Waals surface area contributed by atoms with Crippen molar-refractivity contribution < 1.29 is 9.18 Å². The maximum atomic E-state index is 12.3. The number of pyridine rings is 1. The first-order valence-corrected chi connectivity index (χ1v) is 11.7. The molecule has 1 saturated heterocycles. The molecule has 9 heteroatoms. The molecule has 1 aliphatic heterocycles. The van der Waals surface area contributed by atoms with E-state index >= 15 is 0 Å². The van der Waals surface area contributed by atoms with Crippen LogP contribution in [0.25, 0.3) is 22.2 Å². The van der Waals surface area contributed by atoms with Crippen LogP contribution in [-0.4, -0.2) is 59.0 Å². The Morgan fingerprint density at radius 1 is 1.00 bits per heavy atom. The van der Waals surface area contributed by atoms with Gasteiger partial charge in [-0.25, -0.2) is 14.4 Å². The van der Waals surface area contributed by atoms with Gasteiger partial charge in [0, 0.05) is 72.7 Å². The third kappa shape index (κ3) is 5.31. The third-order valence-corrected chi connectivity index (χ3v) is 6.12. The highest BCUT2D eigenvalue weighted by atomic mass is 19.1. The molecule has 0 radical (unpaired) electrons. The van der Waals surface area contributed by atoms with Crippen molar-refractivity contribution in [3.05, 3.63) is 79.4 Å². The molecule has 0 bridgehead atoms. The number of carbonyl (C=O) groups excluding carboxylic acids is 1. The van der Waals surface area contributed by atoms with Crippen LogP contribution in [0.5, 0.6) is 0 Å². The Balaban J connectivity index is 1.38. The molecule has 1 aliphatic rings. The van der Waals surface area contributed by atoms with E-state index in [9.17, 15) is 9.18 Å². The summed E-state index contributed by atoms with van der Waals surface area (Å²) in [6.07, 6.45) is 4.38. The predicted molar refractivity (Wildman–Crippen MR) is 141 cm³/mol. The van der Waals surface area contributed by atoms with Gasteiger partial charge in [-0.2, -0.15) is 0 Å². The molecule has 1 fully saturated rings. The third-order valence-electron chi connectivity index (χ3n) is 6.12. The predicted octanol–water partition coefficient (Wildman–Crippen LogP) is 4.61. The van der Waals surface area contributed by atoms with E-state index < -0.39 is 5.91 Å². The maximum Gasteiger partial charge on any atom is 0.250 e. The van der Waals surface area contributed by atoms with E-state index in [2.05, 4.69) is 49.6 Å². The fourth-order valence-electron chi connectivity index (χ4n) is 4.17. The number of nitrogens with zero attached hydrogens (tertiary/aromatic N) is 5. The van der Waals surface area contributed by atoms with E-state index in [4.69, 9.17) is 4.98 Å². The number of rotatable bonds is 6. The molecule has 182 valence electrons. The smallest absolute Gasteiger partial charge is 0.250 e. The highest BCUT2D eigenvalue weighted by Gasteiger charge is 2.14. The summed E-state index contributed by atoms with van der Waals surface area (Å²) in [5.41, 5.74) is 4.75. The Labute approximate surface area is 208 Å². The minimum absolute atomic E-state index is 0.202. The van der Waals surface area contributed by atoms with Gasteiger partial charge in [0.05, 0.1) is 17.5 Å². The number of halogens is 1. The number of piperazine rings is 1. The van der Waals surface area contributed by atoms with Crippen molar-refractivity contribution in [2.45, 2.75) is 0 Å². The number of nitrogens with one attached hydrogen (secondary N) is 2. The lowest BCUT2D eigenvalue weighted by Gasteiger charge is -2.34. The van der Waals surface area contributed by atoms with Gasteiger partial charge in [-0.1, -0.05) is 18.2 Å². The summed E-state index contributed by atoms with van der Waals surface area (Å²) < 4.78 is 12.3. The summed E-state index contributed by atoms with van der Waals surface area (Å²) in [4.78, 5) is 30.1. The Kier molecular flexibility index (Phi) is 6.81. The molecule has 0 unspecified atom stereocenters. The molecule has 4 aromatic rings. The maximum absolute atomic E-state index is 12.3. The molecule has 0 saturated carbocycles. The van der Waals surface area contributed by atoms with Crippen molar-refractivity contribution in [1.82, 2.24) is 19.9 Å². The summed E-state index contributed by atoms with van der Waals surface area (Å²) in [7, 11) is 2.15. The molecule has 2 aromatic carbocycles. The zero-order chi connectivity index (χ0) is 24.9. The molecule has 8 nitrogen and oxygen atoms in total. The monoisotopic (exact) mass is 483 g/mol. The first-order valence-electron chi connectivity index (χ1n) is 11.7. The Bertz CT molecular complexity index is 1400. The van der Waals surface area contributed by atoms with Crippen molar-refractivity contribution in [2.24, 2.45) is 0 Å². The van der Waals surface area contributed by atoms with Gasteiger partial charge in [-0.3, -0.25) is 9.78 Å². The summed E-state index contributed by atoms with van der Waals surface area (Å²) in [5, 5.41) is 6.77. The van der Waals surface area contributed by atoms with Crippen molar-refractivity contribution >= 4 is 39.8 Å². The summed E-state index contributed by atoms with van der Waals surface area (Å²) in [6.45, 7) is 4.16. The highest BCUT2D eigenvalue weighted by Crippen LogP contribution is 2.28. The molecule has 5 rings (SSSR count). The van der Waals surface area contributed by atoms with Crippen LogP contribution in [0.1, 0.15) is 0 Å². The minimum atomic E-state index is -0.556. The second-order valence-electron chi connectivity index (χ2n) is 8.61. The Morgan fingerprint density at radius 3 is 2.58 bits per heavy atom. The van der Waals surface area contributed by atoms with Crippen LogP contribution in [0.2, 0.25) is 0 Å². The zero-order valence-corrected chi connectivity index (χ0v) is 19.9. The first kappa shape index (κ1) is 23.4. The molecule has 0 atom stereocenters. The van der Waals surface area contributed by atoms with E-state index in [0.717, 1.165) is 54.4 Å². The van der Waals surface area contributed by atoms with Gasteiger partial charge in [0.2, 0.25) is 5.95 Å². The molecule has 3 heterocycles. The van der Waals surface area contributed by atoms with Gasteiger partial charge in [-0.15, -0.1) is 0 Å². The van der Waals surface area contributed by atoms with E-state index in [1.807, 2.05) is 30.3 Å². The van der Waals surface area contributed by atoms with E-state index in [1.54, 1.807) is 24.5 Å². The van der Waals surface area contributed by atoms with Crippen molar-refractivity contribution in [3.63, 3.8) is 0 Å². The molecular formula is C27H26FN7O. The van der Waals surface area contributed by atoms with Crippen LogP contribution in [0, 0.1) is 0 Å². The minimum Gasteiger partial charge on any atom is -0.369 e. The quantitative estimate of drug-likeness (QED) is 0.388. The lowest BCUT2D eigenvalue weighted by Crippen LogP contribution is -2.44. The van der Waals surface area contributed by atoms with Crippen LogP contribution in [-0.2, 0) is 4.79 Å². The Morgan fingerprint density at radius 2 is 1.81 bits per heavy atom. The average molecular weight is 484 g/mol. The number of anilines is 4. The largest absolute Gasteiger partial charge is 0.369 e. The number of likely N-dealkylation sites (N-methyl/N-ethyl adjacent to an activating group) is 1. The topological polar surface area (TPSA) is 86.3 Å². The van der Waals surface area contributed by atoms with Crippen molar-refractivity contribution in [1.29, 1.82) is 0 Å². The summed E-state index contributed by atoms with van der Waals surface area (Å²) >= 11 is 0. The zero-order valence-electron chi connectivity index (χ0n) is 19.9. The van der Waals surface area contributed by atoms with Gasteiger partial charge in [0.1, 0.15) is 0 Å². The summed E-state index contributed by atoms with van der Waals surface area (Å²) in [5.74, 6) is -0.0835. The molecule has 0 aliphatic carbocycles. The fourth-order valence-corrected chi connectivity index (χ4v) is 4.17. The second kappa shape index (κ2) is 10.5. The van der Waals surface area contributed by atoms with Crippen molar-refractivity contribution in [2.75, 3.05) is 48.8 Å². The van der Waals surface area contributed by atoms with Crippen LogP contribution >= 0.6 is 0 Å². The van der Waals surface area contributed by atoms with Gasteiger partial charge in [0.15, 0.2) is 0 Å². The number of hydrogen-bond donors (Lipinski definition) is 2. The SMILES string of the molecule is CN1CCN(c2ccc(Nc3ncc4cccc(-c5cc(NC(=O)C=CF)ccn5)c4n3)cc2)CC1. The van der Waals surface area contributed by atoms with Crippen LogP contribution in [0.4, 0.5) is 27.4 Å². The molecule has 2 aromatic heterocycles. The molecule has 36 heavy (non-hydrogen) atoms. The number of fused-ring (bicyclic) bond motifs is 1. The summed E-state index contributed by atoms with van der Waals surface area (Å²) in [6, 6.07) is 17.4. The lowest BCUT2D eigenvalue weighted by atomic mass is 10.1. The standard InChI is InChI=1S/C27H26FN7O/c1-34-13-15-35(16-14-34)22-7-5-20(6-8-22)32-27-30-18-19-3-2-4-23(26(19)33-27)24-17-21(10-12-29-24)31-25(36)9-11-28/h2-12,17-18H,13-16H2,1H3,(H,29,31,36)(H,30,32,33). The number of para-hydroxylation sites is 1. The number of hydrogen-bond acceptors (Lipinski definition) is 7. The second-order valence-corrected chi connectivity index (χ2v) is 8.61. The molecule has 2 N–H and O–H groups in total. The van der Waals surface area contributed by atoms with Crippen LogP contribution in [0.3, 0.4) is 0 Å². The van der Waals surface area contributed by atoms with Crippen LogP contribution < -0.4 is 15.5 Å². The lowest BCUT2D eigenvalue weighted by molar-refractivity contribution is -0.111.